The summed E-state index contributed by atoms with van der Waals surface area (Å²) in [5.74, 6) is -0.662. The zero-order valence-corrected chi connectivity index (χ0v) is 14.4. The van der Waals surface area contributed by atoms with Crippen molar-refractivity contribution in [3.63, 3.8) is 0 Å². The molecule has 2 amide bonds. The molecule has 0 atom stereocenters. The number of aromatic nitrogens is 1. The standard InChI is InChI=1S/C19H18N4O3/c1-22-12-15(18(25)23-7-2-3-8-23)10-16(19(22)26)21-17(24)14-6-4-5-13(9-14)11-20/h4-6,9-10,12H,2-3,7-8H2,1H3,(H,21,24). The van der Waals surface area contributed by atoms with Crippen molar-refractivity contribution < 1.29 is 9.59 Å². The van der Waals surface area contributed by atoms with E-state index in [2.05, 4.69) is 5.32 Å². The van der Waals surface area contributed by atoms with Crippen LogP contribution in [0, 0.1) is 11.3 Å². The zero-order chi connectivity index (χ0) is 18.7. The Hall–Kier alpha value is -3.40. The van der Waals surface area contributed by atoms with Gasteiger partial charge in [-0.2, -0.15) is 5.26 Å². The van der Waals surface area contributed by atoms with Gasteiger partial charge in [0.05, 0.1) is 17.2 Å². The Balaban J connectivity index is 1.89. The lowest BCUT2D eigenvalue weighted by Gasteiger charge is -2.16. The third-order valence-corrected chi connectivity index (χ3v) is 4.33. The van der Waals surface area contributed by atoms with Gasteiger partial charge in [-0.3, -0.25) is 14.4 Å². The van der Waals surface area contributed by atoms with Gasteiger partial charge in [0, 0.05) is 31.9 Å². The molecule has 0 aliphatic carbocycles. The summed E-state index contributed by atoms with van der Waals surface area (Å²) in [6, 6.07) is 9.56. The number of carbonyl (C=O) groups is 2. The van der Waals surface area contributed by atoms with E-state index in [0.29, 0.717) is 24.2 Å². The fourth-order valence-electron chi connectivity index (χ4n) is 2.95. The van der Waals surface area contributed by atoms with Crippen LogP contribution in [-0.2, 0) is 7.05 Å². The van der Waals surface area contributed by atoms with Gasteiger partial charge in [-0.1, -0.05) is 6.07 Å². The van der Waals surface area contributed by atoms with Crippen LogP contribution < -0.4 is 10.9 Å². The molecule has 1 aromatic heterocycles. The summed E-state index contributed by atoms with van der Waals surface area (Å²) < 4.78 is 1.28. The molecule has 1 fully saturated rings. The largest absolute Gasteiger partial charge is 0.339 e. The van der Waals surface area contributed by atoms with Crippen LogP contribution in [0.15, 0.2) is 41.3 Å². The van der Waals surface area contributed by atoms with Crippen molar-refractivity contribution in [1.29, 1.82) is 5.26 Å². The summed E-state index contributed by atoms with van der Waals surface area (Å²) in [4.78, 5) is 39.0. The van der Waals surface area contributed by atoms with E-state index in [0.717, 1.165) is 12.8 Å². The van der Waals surface area contributed by atoms with Crippen molar-refractivity contribution >= 4 is 17.5 Å². The first-order chi connectivity index (χ1) is 12.5. The first-order valence-electron chi connectivity index (χ1n) is 8.31. The highest BCUT2D eigenvalue weighted by molar-refractivity contribution is 6.05. The molecule has 0 bridgehead atoms. The molecule has 0 radical (unpaired) electrons. The molecule has 1 saturated heterocycles. The number of nitrogens with zero attached hydrogens (tertiary/aromatic N) is 3. The number of likely N-dealkylation sites (tertiary alicyclic amines) is 1. The van der Waals surface area contributed by atoms with Crippen LogP contribution in [0.4, 0.5) is 5.69 Å². The van der Waals surface area contributed by atoms with Gasteiger partial charge in [0.25, 0.3) is 17.4 Å². The maximum atomic E-state index is 12.6. The number of nitrogens with one attached hydrogen (secondary N) is 1. The molecule has 0 saturated carbocycles. The van der Waals surface area contributed by atoms with E-state index in [1.54, 1.807) is 23.1 Å². The molecule has 2 aromatic rings. The van der Waals surface area contributed by atoms with Gasteiger partial charge in [-0.15, -0.1) is 0 Å². The van der Waals surface area contributed by atoms with Crippen molar-refractivity contribution in [2.45, 2.75) is 12.8 Å². The van der Waals surface area contributed by atoms with E-state index >= 15 is 0 Å². The van der Waals surface area contributed by atoms with E-state index in [1.807, 2.05) is 6.07 Å². The first kappa shape index (κ1) is 17.4. The number of aryl methyl sites for hydroxylation is 1. The molecule has 7 nitrogen and oxygen atoms in total. The van der Waals surface area contributed by atoms with E-state index in [1.165, 1.54) is 29.9 Å². The second kappa shape index (κ2) is 7.23. The Morgan fingerprint density at radius 3 is 2.58 bits per heavy atom. The monoisotopic (exact) mass is 350 g/mol. The van der Waals surface area contributed by atoms with Crippen LogP contribution in [-0.4, -0.2) is 34.4 Å². The van der Waals surface area contributed by atoms with Crippen molar-refractivity contribution in [1.82, 2.24) is 9.47 Å². The Kier molecular flexibility index (Phi) is 4.85. The smallest absolute Gasteiger partial charge is 0.274 e. The third kappa shape index (κ3) is 3.49. The maximum Gasteiger partial charge on any atom is 0.274 e. The van der Waals surface area contributed by atoms with Crippen LogP contribution in [0.1, 0.15) is 39.1 Å². The number of nitriles is 1. The second-order valence-electron chi connectivity index (χ2n) is 6.20. The number of rotatable bonds is 3. The summed E-state index contributed by atoms with van der Waals surface area (Å²) in [5.41, 5.74) is 0.596. The molecule has 2 heterocycles. The predicted molar refractivity (Wildman–Crippen MR) is 95.9 cm³/mol. The number of carbonyl (C=O) groups excluding carboxylic acids is 2. The summed E-state index contributed by atoms with van der Waals surface area (Å²) in [6.07, 6.45) is 3.42. The highest BCUT2D eigenvalue weighted by Gasteiger charge is 2.21. The van der Waals surface area contributed by atoms with Crippen molar-refractivity contribution in [2.75, 3.05) is 18.4 Å². The molecule has 3 rings (SSSR count). The highest BCUT2D eigenvalue weighted by atomic mass is 16.2. The van der Waals surface area contributed by atoms with Crippen molar-refractivity contribution in [3.05, 3.63) is 63.6 Å². The summed E-state index contributed by atoms with van der Waals surface area (Å²) in [6.45, 7) is 1.40. The Morgan fingerprint density at radius 1 is 1.15 bits per heavy atom. The number of benzene rings is 1. The van der Waals surface area contributed by atoms with Crippen LogP contribution in [0.3, 0.4) is 0 Å². The zero-order valence-electron chi connectivity index (χ0n) is 14.4. The highest BCUT2D eigenvalue weighted by Crippen LogP contribution is 2.15. The van der Waals surface area contributed by atoms with Crippen LogP contribution in [0.2, 0.25) is 0 Å². The average Bonchev–Trinajstić information content (AvgIpc) is 3.19. The Morgan fingerprint density at radius 2 is 1.88 bits per heavy atom. The molecular formula is C19H18N4O3. The van der Waals surface area contributed by atoms with E-state index < -0.39 is 11.5 Å². The lowest BCUT2D eigenvalue weighted by Crippen LogP contribution is -2.30. The van der Waals surface area contributed by atoms with Crippen LogP contribution in [0.5, 0.6) is 0 Å². The van der Waals surface area contributed by atoms with Crippen LogP contribution >= 0.6 is 0 Å². The lowest BCUT2D eigenvalue weighted by atomic mass is 10.1. The average molecular weight is 350 g/mol. The summed E-state index contributed by atoms with van der Waals surface area (Å²) in [7, 11) is 1.54. The lowest BCUT2D eigenvalue weighted by molar-refractivity contribution is 0.0791. The number of hydrogen-bond donors (Lipinski definition) is 1. The van der Waals surface area contributed by atoms with Gasteiger partial charge < -0.3 is 14.8 Å². The molecule has 1 aromatic carbocycles. The Bertz CT molecular complexity index is 965. The molecule has 1 aliphatic rings. The Labute approximate surface area is 150 Å². The van der Waals surface area contributed by atoms with Gasteiger partial charge in [0.1, 0.15) is 5.69 Å². The molecule has 26 heavy (non-hydrogen) atoms. The van der Waals surface area contributed by atoms with Gasteiger partial charge >= 0.3 is 0 Å². The first-order valence-corrected chi connectivity index (χ1v) is 8.31. The summed E-state index contributed by atoms with van der Waals surface area (Å²) >= 11 is 0. The minimum absolute atomic E-state index is 0.0323. The summed E-state index contributed by atoms with van der Waals surface area (Å²) in [5, 5.41) is 11.5. The van der Waals surface area contributed by atoms with Gasteiger partial charge in [-0.05, 0) is 37.1 Å². The normalized spacial score (nSPS) is 13.3. The molecule has 7 heteroatoms. The van der Waals surface area contributed by atoms with E-state index in [-0.39, 0.29) is 17.2 Å². The minimum atomic E-state index is -0.509. The van der Waals surface area contributed by atoms with Crippen molar-refractivity contribution in [3.8, 4) is 6.07 Å². The number of pyridine rings is 1. The van der Waals surface area contributed by atoms with Crippen LogP contribution in [0.25, 0.3) is 0 Å². The maximum absolute atomic E-state index is 12.6. The topological polar surface area (TPSA) is 95.2 Å². The SMILES string of the molecule is Cn1cc(C(=O)N2CCCC2)cc(NC(=O)c2cccc(C#N)c2)c1=O. The van der Waals surface area contributed by atoms with E-state index in [4.69, 9.17) is 5.26 Å². The molecule has 132 valence electrons. The number of amides is 2. The van der Waals surface area contributed by atoms with Crippen molar-refractivity contribution in [2.24, 2.45) is 7.05 Å². The predicted octanol–water partition coefficient (Wildman–Crippen LogP) is 1.75. The van der Waals surface area contributed by atoms with E-state index in [9.17, 15) is 14.4 Å². The fraction of sp³-hybridized carbons (Fsp3) is 0.263. The van der Waals surface area contributed by atoms with Gasteiger partial charge in [0.2, 0.25) is 0 Å². The third-order valence-electron chi connectivity index (χ3n) is 4.33. The fourth-order valence-corrected chi connectivity index (χ4v) is 2.95. The number of hydrogen-bond acceptors (Lipinski definition) is 4. The molecule has 1 N–H and O–H groups in total. The van der Waals surface area contributed by atoms with Gasteiger partial charge in [-0.25, -0.2) is 0 Å². The molecule has 1 aliphatic heterocycles. The quantitative estimate of drug-likeness (QED) is 0.912. The molecule has 0 spiro atoms. The van der Waals surface area contributed by atoms with Gasteiger partial charge in [0.15, 0.2) is 0 Å². The molecular weight excluding hydrogens is 332 g/mol. The minimum Gasteiger partial charge on any atom is -0.339 e. The second-order valence-corrected chi connectivity index (χ2v) is 6.20. The number of anilines is 1. The molecule has 0 unspecified atom stereocenters.